The summed E-state index contributed by atoms with van der Waals surface area (Å²) in [5, 5.41) is 0. The van der Waals surface area contributed by atoms with Crippen molar-refractivity contribution in [1.29, 1.82) is 0 Å². The van der Waals surface area contributed by atoms with Crippen LogP contribution in [0.1, 0.15) is 24.8 Å². The summed E-state index contributed by atoms with van der Waals surface area (Å²) in [7, 11) is 0. The number of benzene rings is 1. The van der Waals surface area contributed by atoms with Crippen molar-refractivity contribution >= 4 is 17.3 Å². The maximum absolute atomic E-state index is 14.1. The number of hydrogen-bond donors (Lipinski definition) is 0. The third-order valence-corrected chi connectivity index (χ3v) is 5.91. The number of carbonyl (C=O) groups is 1. The SMILES string of the molecule is Cc1cnc(F)c(N2CCC3(CC2)CCN(c2ccc(OC(F)(F)F)cc2)C3=O)c1. The molecular formula is C21H21F4N3O2. The second kappa shape index (κ2) is 7.45. The Morgan fingerprint density at radius 2 is 1.70 bits per heavy atom. The molecule has 30 heavy (non-hydrogen) atoms. The predicted octanol–water partition coefficient (Wildman–Crippen LogP) is 4.45. The third kappa shape index (κ3) is 3.93. The van der Waals surface area contributed by atoms with Gasteiger partial charge in [0.2, 0.25) is 11.9 Å². The fraction of sp³-hybridized carbons (Fsp3) is 0.429. The minimum atomic E-state index is -4.75. The molecule has 1 amide bonds. The van der Waals surface area contributed by atoms with Gasteiger partial charge in [0.15, 0.2) is 0 Å². The number of pyridine rings is 1. The number of halogens is 4. The second-order valence-electron chi connectivity index (χ2n) is 7.84. The maximum Gasteiger partial charge on any atom is 0.573 e. The lowest BCUT2D eigenvalue weighted by Gasteiger charge is -2.39. The average molecular weight is 423 g/mol. The summed E-state index contributed by atoms with van der Waals surface area (Å²) >= 11 is 0. The lowest BCUT2D eigenvalue weighted by molar-refractivity contribution is -0.274. The molecule has 0 radical (unpaired) electrons. The van der Waals surface area contributed by atoms with Crippen LogP contribution in [0, 0.1) is 18.3 Å². The van der Waals surface area contributed by atoms with Crippen molar-refractivity contribution in [1.82, 2.24) is 4.98 Å². The van der Waals surface area contributed by atoms with Crippen LogP contribution in [0.25, 0.3) is 0 Å². The van der Waals surface area contributed by atoms with E-state index in [-0.39, 0.29) is 11.7 Å². The topological polar surface area (TPSA) is 45.7 Å². The number of anilines is 2. The van der Waals surface area contributed by atoms with E-state index in [2.05, 4.69) is 9.72 Å². The van der Waals surface area contributed by atoms with E-state index >= 15 is 0 Å². The molecule has 0 bridgehead atoms. The van der Waals surface area contributed by atoms with Gasteiger partial charge < -0.3 is 14.5 Å². The van der Waals surface area contributed by atoms with Crippen LogP contribution < -0.4 is 14.5 Å². The van der Waals surface area contributed by atoms with Crippen LogP contribution >= 0.6 is 0 Å². The number of rotatable bonds is 3. The summed E-state index contributed by atoms with van der Waals surface area (Å²) in [6.07, 6.45) is -1.44. The van der Waals surface area contributed by atoms with Gasteiger partial charge in [-0.15, -0.1) is 13.2 Å². The Bertz CT molecular complexity index is 938. The van der Waals surface area contributed by atoms with E-state index in [1.165, 1.54) is 30.5 Å². The highest BCUT2D eigenvalue weighted by Crippen LogP contribution is 2.44. The molecule has 3 heterocycles. The van der Waals surface area contributed by atoms with E-state index in [1.807, 2.05) is 11.8 Å². The molecule has 4 rings (SSSR count). The van der Waals surface area contributed by atoms with Crippen LogP contribution in [0.4, 0.5) is 28.9 Å². The number of nitrogens with zero attached hydrogens (tertiary/aromatic N) is 3. The molecule has 1 aromatic carbocycles. The summed E-state index contributed by atoms with van der Waals surface area (Å²) in [5.74, 6) is -0.874. The monoisotopic (exact) mass is 423 g/mol. The average Bonchev–Trinajstić information content (AvgIpc) is 3.00. The molecular weight excluding hydrogens is 402 g/mol. The van der Waals surface area contributed by atoms with E-state index < -0.39 is 17.7 Å². The van der Waals surface area contributed by atoms with Gasteiger partial charge in [-0.3, -0.25) is 4.79 Å². The number of alkyl halides is 3. The minimum Gasteiger partial charge on any atom is -0.406 e. The summed E-state index contributed by atoms with van der Waals surface area (Å²) in [6.45, 7) is 3.43. The first kappa shape index (κ1) is 20.4. The zero-order chi connectivity index (χ0) is 21.5. The van der Waals surface area contributed by atoms with Crippen molar-refractivity contribution in [3.63, 3.8) is 0 Å². The van der Waals surface area contributed by atoms with Crippen LogP contribution in [0.2, 0.25) is 0 Å². The van der Waals surface area contributed by atoms with E-state index in [0.717, 1.165) is 5.56 Å². The van der Waals surface area contributed by atoms with Gasteiger partial charge >= 0.3 is 6.36 Å². The highest BCUT2D eigenvalue weighted by atomic mass is 19.4. The Morgan fingerprint density at radius 3 is 2.33 bits per heavy atom. The van der Waals surface area contributed by atoms with Gasteiger partial charge in [0, 0.05) is 31.5 Å². The summed E-state index contributed by atoms with van der Waals surface area (Å²) in [6, 6.07) is 7.09. The number of amides is 1. The van der Waals surface area contributed by atoms with E-state index in [0.29, 0.717) is 50.3 Å². The number of hydrogen-bond acceptors (Lipinski definition) is 4. The molecule has 9 heteroatoms. The minimum absolute atomic E-state index is 0.0329. The van der Waals surface area contributed by atoms with Gasteiger partial charge in [-0.25, -0.2) is 4.98 Å². The Hall–Kier alpha value is -2.84. The fourth-order valence-corrected chi connectivity index (χ4v) is 4.29. The molecule has 0 saturated carbocycles. The van der Waals surface area contributed by atoms with Crippen molar-refractivity contribution in [3.8, 4) is 5.75 Å². The van der Waals surface area contributed by atoms with Crippen molar-refractivity contribution in [2.45, 2.75) is 32.5 Å². The molecule has 160 valence electrons. The second-order valence-corrected chi connectivity index (χ2v) is 7.84. The lowest BCUT2D eigenvalue weighted by atomic mass is 9.77. The zero-order valence-corrected chi connectivity index (χ0v) is 16.4. The number of ether oxygens (including phenoxy) is 1. The van der Waals surface area contributed by atoms with E-state index in [1.54, 1.807) is 11.0 Å². The number of piperidine rings is 1. The van der Waals surface area contributed by atoms with Crippen molar-refractivity contribution in [3.05, 3.63) is 48.0 Å². The molecule has 1 spiro atoms. The number of carbonyl (C=O) groups excluding carboxylic acids is 1. The molecule has 0 aliphatic carbocycles. The van der Waals surface area contributed by atoms with Crippen LogP contribution in [0.3, 0.4) is 0 Å². The van der Waals surface area contributed by atoms with Crippen LogP contribution in [-0.4, -0.2) is 36.9 Å². The molecule has 0 atom stereocenters. The van der Waals surface area contributed by atoms with E-state index in [9.17, 15) is 22.4 Å². The Balaban J connectivity index is 1.44. The molecule has 1 aromatic heterocycles. The summed E-state index contributed by atoms with van der Waals surface area (Å²) in [5.41, 5.74) is 1.34. The summed E-state index contributed by atoms with van der Waals surface area (Å²) < 4.78 is 55.0. The number of aryl methyl sites for hydroxylation is 1. The first-order valence-electron chi connectivity index (χ1n) is 9.72. The largest absolute Gasteiger partial charge is 0.573 e. The Morgan fingerprint density at radius 1 is 1.07 bits per heavy atom. The van der Waals surface area contributed by atoms with Crippen LogP contribution in [0.5, 0.6) is 5.75 Å². The molecule has 2 saturated heterocycles. The highest BCUT2D eigenvalue weighted by Gasteiger charge is 2.48. The molecule has 2 fully saturated rings. The smallest absolute Gasteiger partial charge is 0.406 e. The van der Waals surface area contributed by atoms with Crippen LogP contribution in [0.15, 0.2) is 36.5 Å². The zero-order valence-electron chi connectivity index (χ0n) is 16.4. The lowest BCUT2D eigenvalue weighted by Crippen LogP contribution is -2.45. The molecule has 2 aromatic rings. The standard InChI is InChI=1S/C21H21F4N3O2/c1-14-12-17(18(22)26-13-14)27-9-6-20(7-10-27)8-11-28(19(20)29)15-2-4-16(5-3-15)30-21(23,24)25/h2-5,12-13H,6-11H2,1H3. The van der Waals surface area contributed by atoms with Crippen molar-refractivity contribution < 1.29 is 27.1 Å². The first-order valence-corrected chi connectivity index (χ1v) is 9.72. The third-order valence-electron chi connectivity index (χ3n) is 5.91. The van der Waals surface area contributed by atoms with Gasteiger partial charge in [0.1, 0.15) is 5.75 Å². The van der Waals surface area contributed by atoms with Crippen molar-refractivity contribution in [2.24, 2.45) is 5.41 Å². The van der Waals surface area contributed by atoms with Gasteiger partial charge in [-0.2, -0.15) is 4.39 Å². The molecule has 0 N–H and O–H groups in total. The summed E-state index contributed by atoms with van der Waals surface area (Å²) in [4.78, 5) is 20.5. The van der Waals surface area contributed by atoms with E-state index in [4.69, 9.17) is 0 Å². The van der Waals surface area contributed by atoms with Gasteiger partial charge in [-0.1, -0.05) is 0 Å². The molecule has 5 nitrogen and oxygen atoms in total. The normalized spacial score (nSPS) is 18.9. The maximum atomic E-state index is 14.1. The number of aromatic nitrogens is 1. The van der Waals surface area contributed by atoms with Gasteiger partial charge in [0.05, 0.1) is 11.1 Å². The Kier molecular flexibility index (Phi) is 5.07. The van der Waals surface area contributed by atoms with Gasteiger partial charge in [-0.05, 0) is 62.1 Å². The molecule has 0 unspecified atom stereocenters. The fourth-order valence-electron chi connectivity index (χ4n) is 4.29. The van der Waals surface area contributed by atoms with Gasteiger partial charge in [0.25, 0.3) is 0 Å². The molecule has 2 aliphatic heterocycles. The first-order chi connectivity index (χ1) is 14.2. The Labute approximate surface area is 171 Å². The molecule has 2 aliphatic rings. The predicted molar refractivity (Wildman–Crippen MR) is 103 cm³/mol. The van der Waals surface area contributed by atoms with Crippen molar-refractivity contribution in [2.75, 3.05) is 29.4 Å². The quantitative estimate of drug-likeness (QED) is 0.541. The van der Waals surface area contributed by atoms with Crippen LogP contribution in [-0.2, 0) is 4.79 Å². The highest BCUT2D eigenvalue weighted by molar-refractivity contribution is 6.00.